The lowest BCUT2D eigenvalue weighted by Gasteiger charge is -2.42. The first-order chi connectivity index (χ1) is 14.5. The van der Waals surface area contributed by atoms with Gasteiger partial charge in [-0.25, -0.2) is 9.80 Å². The summed E-state index contributed by atoms with van der Waals surface area (Å²) in [5, 5.41) is 16.1. The van der Waals surface area contributed by atoms with Crippen LogP contribution in [0.1, 0.15) is 44.6 Å². The summed E-state index contributed by atoms with van der Waals surface area (Å²) >= 11 is 0. The van der Waals surface area contributed by atoms with Crippen LogP contribution in [-0.4, -0.2) is 76.3 Å². The average molecular weight is 472 g/mol. The summed E-state index contributed by atoms with van der Waals surface area (Å²) in [6.07, 6.45) is 3.67. The molecule has 0 radical (unpaired) electrons. The molecule has 10 heteroatoms. The van der Waals surface area contributed by atoms with E-state index in [1.54, 1.807) is 6.92 Å². The molecule has 2 fully saturated rings. The summed E-state index contributed by atoms with van der Waals surface area (Å²) in [5.41, 5.74) is 1.11. The molecule has 1 aromatic carbocycles. The summed E-state index contributed by atoms with van der Waals surface area (Å²) in [5.74, 6) is -1.64. The second-order valence-electron chi connectivity index (χ2n) is 7.82. The van der Waals surface area contributed by atoms with Gasteiger partial charge >= 0.3 is 11.9 Å². The molecule has 0 unspecified atom stereocenters. The number of ether oxygens (including phenoxy) is 1. The van der Waals surface area contributed by atoms with Gasteiger partial charge in [-0.1, -0.05) is 30.3 Å². The van der Waals surface area contributed by atoms with Crippen molar-refractivity contribution in [3.8, 4) is 0 Å². The second-order valence-corrected chi connectivity index (χ2v) is 7.82. The van der Waals surface area contributed by atoms with Gasteiger partial charge in [-0.3, -0.25) is 19.9 Å². The molecule has 0 aromatic heterocycles. The Labute approximate surface area is 194 Å². The third-order valence-electron chi connectivity index (χ3n) is 5.75. The number of carboxylic acid groups (broad SMARTS) is 1. The molecule has 1 amide bonds. The molecule has 0 spiro atoms. The van der Waals surface area contributed by atoms with Gasteiger partial charge in [0.15, 0.2) is 0 Å². The number of carbonyl (C=O) groups is 3. The van der Waals surface area contributed by atoms with Crippen molar-refractivity contribution in [1.29, 1.82) is 0 Å². The molecule has 2 saturated heterocycles. The van der Waals surface area contributed by atoms with Gasteiger partial charge in [-0.15, -0.1) is 12.4 Å². The molecular weight excluding hydrogens is 438 g/mol. The lowest BCUT2D eigenvalue weighted by Crippen LogP contribution is -2.61. The number of rotatable bonds is 8. The fraction of sp³-hybridized carbons (Fsp3) is 0.591. The van der Waals surface area contributed by atoms with Crippen LogP contribution in [0.5, 0.6) is 0 Å². The maximum absolute atomic E-state index is 13.3. The predicted molar refractivity (Wildman–Crippen MR) is 121 cm³/mol. The van der Waals surface area contributed by atoms with E-state index in [-0.39, 0.29) is 36.4 Å². The summed E-state index contributed by atoms with van der Waals surface area (Å²) in [7, 11) is 0. The molecule has 2 aliphatic rings. The first kappa shape index (κ1) is 27.8. The van der Waals surface area contributed by atoms with E-state index >= 15 is 0 Å². The molecule has 32 heavy (non-hydrogen) atoms. The van der Waals surface area contributed by atoms with E-state index in [0.717, 1.165) is 18.4 Å². The smallest absolute Gasteiger partial charge is 0.328 e. The molecule has 1 aromatic rings. The van der Waals surface area contributed by atoms with Gasteiger partial charge in [0.1, 0.15) is 12.1 Å². The van der Waals surface area contributed by atoms with Gasteiger partial charge in [-0.2, -0.15) is 0 Å². The highest BCUT2D eigenvalue weighted by Crippen LogP contribution is 2.24. The SMILES string of the molecule is CCOC(=O)[C@H](CCc1ccccc1)N[C@H]1CCCN2CCC[C@@H](C(=O)O)N2C1=O.Cl.O. The Balaban J connectivity index is 0.00000256. The second kappa shape index (κ2) is 13.4. The van der Waals surface area contributed by atoms with Crippen LogP contribution in [-0.2, 0) is 25.5 Å². The molecule has 3 rings (SSSR count). The topological polar surface area (TPSA) is 131 Å². The Morgan fingerprint density at radius 1 is 1.19 bits per heavy atom. The Kier molecular flexibility index (Phi) is 11.6. The van der Waals surface area contributed by atoms with Gasteiger partial charge in [0.2, 0.25) is 0 Å². The number of nitrogens with zero attached hydrogens (tertiary/aromatic N) is 2. The van der Waals surface area contributed by atoms with E-state index in [0.29, 0.717) is 38.8 Å². The summed E-state index contributed by atoms with van der Waals surface area (Å²) in [4.78, 5) is 37.6. The molecule has 180 valence electrons. The summed E-state index contributed by atoms with van der Waals surface area (Å²) < 4.78 is 5.24. The first-order valence-corrected chi connectivity index (χ1v) is 10.8. The highest BCUT2D eigenvalue weighted by Gasteiger charge is 2.42. The number of carboxylic acids is 1. The minimum absolute atomic E-state index is 0. The number of benzene rings is 1. The van der Waals surface area contributed by atoms with Crippen molar-refractivity contribution < 1.29 is 29.7 Å². The van der Waals surface area contributed by atoms with Crippen LogP contribution in [0.25, 0.3) is 0 Å². The molecule has 2 heterocycles. The number of hydrogen-bond donors (Lipinski definition) is 2. The molecule has 2 aliphatic heterocycles. The standard InChI is InChI=1S/C22H31N3O5.ClH.H2O/c1-2-30-22(29)18(13-12-16-8-4-3-5-9-16)23-17-10-6-14-24-15-7-11-19(21(27)28)25(24)20(17)26;;/h3-5,8-9,17-19,23H,2,6-7,10-15H2,1H3,(H,27,28);1H;1H2/t17-,18-,19-;;/m0../s1. The average Bonchev–Trinajstić information content (AvgIpc) is 2.90. The van der Waals surface area contributed by atoms with Crippen LogP contribution in [0, 0.1) is 0 Å². The van der Waals surface area contributed by atoms with Crippen molar-refractivity contribution in [2.75, 3.05) is 19.7 Å². The van der Waals surface area contributed by atoms with Gasteiger partial charge in [0.25, 0.3) is 5.91 Å². The molecule has 0 bridgehead atoms. The van der Waals surface area contributed by atoms with Gasteiger partial charge < -0.3 is 15.3 Å². The normalized spacial score (nSPS) is 21.9. The summed E-state index contributed by atoms with van der Waals surface area (Å²) in [6, 6.07) is 7.77. The Bertz CT molecular complexity index is 750. The van der Waals surface area contributed by atoms with E-state index in [1.807, 2.05) is 35.3 Å². The zero-order valence-corrected chi connectivity index (χ0v) is 19.2. The van der Waals surface area contributed by atoms with E-state index in [4.69, 9.17) is 4.74 Å². The number of fused-ring (bicyclic) bond motifs is 1. The zero-order chi connectivity index (χ0) is 21.5. The number of esters is 1. The van der Waals surface area contributed by atoms with Gasteiger partial charge in [0.05, 0.1) is 12.6 Å². The molecule has 3 atom stereocenters. The minimum Gasteiger partial charge on any atom is -0.480 e. The fourth-order valence-electron chi connectivity index (χ4n) is 4.26. The molecule has 9 nitrogen and oxygen atoms in total. The van der Waals surface area contributed by atoms with Crippen LogP contribution in [0.15, 0.2) is 30.3 Å². The first-order valence-electron chi connectivity index (χ1n) is 10.8. The number of hydrogen-bond acceptors (Lipinski definition) is 6. The molecule has 0 saturated carbocycles. The molecular formula is C22H34ClN3O6. The van der Waals surface area contributed by atoms with E-state index in [9.17, 15) is 19.5 Å². The van der Waals surface area contributed by atoms with Crippen molar-refractivity contribution in [3.05, 3.63) is 35.9 Å². The number of carbonyl (C=O) groups excluding carboxylic acids is 2. The maximum Gasteiger partial charge on any atom is 0.328 e. The van der Waals surface area contributed by atoms with Crippen molar-refractivity contribution in [2.45, 2.75) is 63.6 Å². The van der Waals surface area contributed by atoms with Crippen LogP contribution >= 0.6 is 12.4 Å². The van der Waals surface area contributed by atoms with Crippen LogP contribution in [0.4, 0.5) is 0 Å². The fourth-order valence-corrected chi connectivity index (χ4v) is 4.26. The van der Waals surface area contributed by atoms with Crippen molar-refractivity contribution in [3.63, 3.8) is 0 Å². The van der Waals surface area contributed by atoms with E-state index < -0.39 is 24.1 Å². The highest BCUT2D eigenvalue weighted by atomic mass is 35.5. The van der Waals surface area contributed by atoms with Crippen molar-refractivity contribution in [1.82, 2.24) is 15.3 Å². The molecule has 4 N–H and O–H groups in total. The highest BCUT2D eigenvalue weighted by molar-refractivity contribution is 5.87. The van der Waals surface area contributed by atoms with Crippen molar-refractivity contribution in [2.24, 2.45) is 0 Å². The largest absolute Gasteiger partial charge is 0.480 e. The number of nitrogens with one attached hydrogen (secondary N) is 1. The Morgan fingerprint density at radius 3 is 2.47 bits per heavy atom. The van der Waals surface area contributed by atoms with E-state index in [1.165, 1.54) is 5.01 Å². The Hall–Kier alpha value is -2.20. The van der Waals surface area contributed by atoms with Crippen molar-refractivity contribution >= 4 is 30.3 Å². The monoisotopic (exact) mass is 471 g/mol. The lowest BCUT2D eigenvalue weighted by molar-refractivity contribution is -0.174. The summed E-state index contributed by atoms with van der Waals surface area (Å²) in [6.45, 7) is 3.34. The third-order valence-corrected chi connectivity index (χ3v) is 5.75. The lowest BCUT2D eigenvalue weighted by atomic mass is 10.0. The van der Waals surface area contributed by atoms with Crippen LogP contribution in [0.2, 0.25) is 0 Å². The van der Waals surface area contributed by atoms with E-state index in [2.05, 4.69) is 5.32 Å². The number of hydrazine groups is 1. The number of halogens is 1. The minimum atomic E-state index is -0.986. The zero-order valence-electron chi connectivity index (χ0n) is 18.4. The maximum atomic E-state index is 13.3. The Morgan fingerprint density at radius 2 is 1.84 bits per heavy atom. The van der Waals surface area contributed by atoms with Crippen LogP contribution < -0.4 is 5.32 Å². The number of aliphatic carboxylic acids is 1. The number of aryl methyl sites for hydroxylation is 1. The van der Waals surface area contributed by atoms with Crippen LogP contribution in [0.3, 0.4) is 0 Å². The molecule has 0 aliphatic carbocycles. The van der Waals surface area contributed by atoms with Gasteiger partial charge in [0, 0.05) is 13.1 Å². The van der Waals surface area contributed by atoms with Gasteiger partial charge in [-0.05, 0) is 51.0 Å². The quantitative estimate of drug-likeness (QED) is 0.544. The number of amides is 1. The third kappa shape index (κ3) is 6.90. The predicted octanol–water partition coefficient (Wildman–Crippen LogP) is 1.19.